The number of nitrogens with two attached hydrogens (primary N) is 2. The topological polar surface area (TPSA) is 86.9 Å². The molecule has 5 nitrogen and oxygen atoms in total. The van der Waals surface area contributed by atoms with E-state index in [2.05, 4.69) is 5.10 Å². The number of amides is 1. The number of carbonyl (C=O) groups is 1. The third-order valence-electron chi connectivity index (χ3n) is 3.32. The fourth-order valence-corrected chi connectivity index (χ4v) is 3.71. The Bertz CT molecular complexity index is 732. The normalized spacial score (nSPS) is 13.9. The van der Waals surface area contributed by atoms with Crippen molar-refractivity contribution < 1.29 is 18.0 Å². The SMILES string of the molecule is NC(=O)c1c(N)sc2c1CCc1nn(CC(F)(F)F)cc1-2. The molecule has 0 aromatic carbocycles. The number of aryl methyl sites for hydroxylation is 1. The van der Waals surface area contributed by atoms with Gasteiger partial charge in [-0.2, -0.15) is 18.3 Å². The van der Waals surface area contributed by atoms with Crippen LogP contribution in [0.4, 0.5) is 18.2 Å². The molecule has 0 bridgehead atoms. The average molecular weight is 316 g/mol. The van der Waals surface area contributed by atoms with E-state index in [-0.39, 0.29) is 5.56 Å². The van der Waals surface area contributed by atoms with E-state index in [1.807, 2.05) is 0 Å². The van der Waals surface area contributed by atoms with Gasteiger partial charge in [-0.15, -0.1) is 11.3 Å². The van der Waals surface area contributed by atoms with E-state index in [0.29, 0.717) is 39.5 Å². The van der Waals surface area contributed by atoms with Gasteiger partial charge >= 0.3 is 6.18 Å². The van der Waals surface area contributed by atoms with Gasteiger partial charge < -0.3 is 11.5 Å². The number of anilines is 1. The first-order chi connectivity index (χ1) is 9.76. The van der Waals surface area contributed by atoms with Gasteiger partial charge in [0.2, 0.25) is 0 Å². The number of aromatic nitrogens is 2. The number of fused-ring (bicyclic) bond motifs is 3. The fourth-order valence-electron chi connectivity index (χ4n) is 2.55. The van der Waals surface area contributed by atoms with Crippen molar-refractivity contribution in [2.24, 2.45) is 5.73 Å². The summed E-state index contributed by atoms with van der Waals surface area (Å²) in [5.41, 5.74) is 13.3. The number of nitrogen functional groups attached to an aromatic ring is 1. The lowest BCUT2D eigenvalue weighted by atomic mass is 9.94. The molecule has 0 fully saturated rings. The van der Waals surface area contributed by atoms with Crippen LogP contribution in [0.5, 0.6) is 0 Å². The molecule has 0 radical (unpaired) electrons. The van der Waals surface area contributed by atoms with Crippen LogP contribution in [0.2, 0.25) is 0 Å². The zero-order valence-corrected chi connectivity index (χ0v) is 11.5. The molecule has 112 valence electrons. The summed E-state index contributed by atoms with van der Waals surface area (Å²) < 4.78 is 38.2. The van der Waals surface area contributed by atoms with Crippen molar-refractivity contribution >= 4 is 22.2 Å². The number of thiophene rings is 1. The Morgan fingerprint density at radius 2 is 2.14 bits per heavy atom. The van der Waals surface area contributed by atoms with Crippen LogP contribution in [0.25, 0.3) is 10.4 Å². The molecule has 2 aromatic rings. The Morgan fingerprint density at radius 1 is 1.43 bits per heavy atom. The monoisotopic (exact) mass is 316 g/mol. The van der Waals surface area contributed by atoms with Crippen molar-refractivity contribution in [3.63, 3.8) is 0 Å². The summed E-state index contributed by atoms with van der Waals surface area (Å²) in [7, 11) is 0. The molecule has 9 heteroatoms. The average Bonchev–Trinajstić information content (AvgIpc) is 2.85. The Labute approximate surface area is 121 Å². The van der Waals surface area contributed by atoms with Gasteiger partial charge in [-0.05, 0) is 18.4 Å². The molecule has 0 saturated heterocycles. The molecular formula is C12H11F3N4OS. The lowest BCUT2D eigenvalue weighted by molar-refractivity contribution is -0.142. The Balaban J connectivity index is 2.07. The molecule has 0 aliphatic heterocycles. The molecule has 2 aromatic heterocycles. The van der Waals surface area contributed by atoms with Crippen LogP contribution in [-0.4, -0.2) is 21.9 Å². The summed E-state index contributed by atoms with van der Waals surface area (Å²) in [5, 5.41) is 4.26. The van der Waals surface area contributed by atoms with E-state index in [9.17, 15) is 18.0 Å². The van der Waals surface area contributed by atoms with Crippen LogP contribution in [0.1, 0.15) is 21.6 Å². The largest absolute Gasteiger partial charge is 0.408 e. The Morgan fingerprint density at radius 3 is 2.76 bits per heavy atom. The standard InChI is InChI=1S/C12H11F3N4OS/c13-12(14,15)4-19-3-6-7(18-19)2-1-5-8(10(16)20)11(17)21-9(5)6/h3H,1-2,4,17H2,(H2,16,20). The molecule has 2 heterocycles. The quantitative estimate of drug-likeness (QED) is 0.888. The van der Waals surface area contributed by atoms with Gasteiger partial charge in [0.15, 0.2) is 0 Å². The minimum absolute atomic E-state index is 0.282. The van der Waals surface area contributed by atoms with Crippen molar-refractivity contribution in [2.45, 2.75) is 25.6 Å². The summed E-state index contributed by atoms with van der Waals surface area (Å²) in [5.74, 6) is -0.615. The third-order valence-corrected chi connectivity index (χ3v) is 4.41. The lowest BCUT2D eigenvalue weighted by Gasteiger charge is -2.11. The highest BCUT2D eigenvalue weighted by molar-refractivity contribution is 7.20. The van der Waals surface area contributed by atoms with Crippen LogP contribution in [-0.2, 0) is 19.4 Å². The van der Waals surface area contributed by atoms with Crippen LogP contribution >= 0.6 is 11.3 Å². The first kappa shape index (κ1) is 13.9. The van der Waals surface area contributed by atoms with Gasteiger partial charge in [0.1, 0.15) is 6.54 Å². The first-order valence-electron chi connectivity index (χ1n) is 6.10. The molecule has 1 aliphatic rings. The van der Waals surface area contributed by atoms with E-state index in [0.717, 1.165) is 16.0 Å². The van der Waals surface area contributed by atoms with Crippen LogP contribution < -0.4 is 11.5 Å². The zero-order valence-electron chi connectivity index (χ0n) is 10.7. The van der Waals surface area contributed by atoms with Gasteiger partial charge in [0.25, 0.3) is 5.91 Å². The molecular weight excluding hydrogens is 305 g/mol. The van der Waals surface area contributed by atoms with E-state index in [1.54, 1.807) is 0 Å². The maximum atomic E-state index is 12.4. The van der Waals surface area contributed by atoms with Crippen LogP contribution in [0, 0.1) is 0 Å². The molecule has 1 aliphatic carbocycles. The van der Waals surface area contributed by atoms with Gasteiger partial charge in [0.05, 0.1) is 16.3 Å². The van der Waals surface area contributed by atoms with Crippen LogP contribution in [0.15, 0.2) is 6.20 Å². The molecule has 3 rings (SSSR count). The number of hydrogen-bond donors (Lipinski definition) is 2. The highest BCUT2D eigenvalue weighted by Crippen LogP contribution is 2.43. The van der Waals surface area contributed by atoms with Crippen molar-refractivity contribution in [3.05, 3.63) is 23.0 Å². The molecule has 1 amide bonds. The van der Waals surface area contributed by atoms with E-state index < -0.39 is 18.6 Å². The van der Waals surface area contributed by atoms with Crippen LogP contribution in [0.3, 0.4) is 0 Å². The molecule has 0 saturated carbocycles. The van der Waals surface area contributed by atoms with E-state index in [4.69, 9.17) is 11.5 Å². The number of rotatable bonds is 2. The number of carbonyl (C=O) groups excluding carboxylic acids is 1. The smallest absolute Gasteiger partial charge is 0.390 e. The molecule has 0 unspecified atom stereocenters. The second kappa shape index (κ2) is 4.48. The number of hydrogen-bond acceptors (Lipinski definition) is 4. The predicted molar refractivity (Wildman–Crippen MR) is 71.9 cm³/mol. The maximum Gasteiger partial charge on any atom is 0.408 e. The number of nitrogens with zero attached hydrogens (tertiary/aromatic N) is 2. The summed E-state index contributed by atoms with van der Waals surface area (Å²) in [6.45, 7) is -1.14. The first-order valence-corrected chi connectivity index (χ1v) is 6.92. The number of primary amides is 1. The molecule has 4 N–H and O–H groups in total. The van der Waals surface area contributed by atoms with Gasteiger partial charge in [0, 0.05) is 16.6 Å². The van der Waals surface area contributed by atoms with Crippen molar-refractivity contribution in [1.82, 2.24) is 9.78 Å². The van der Waals surface area contributed by atoms with E-state index in [1.165, 1.54) is 6.20 Å². The summed E-state index contributed by atoms with van der Waals surface area (Å²) in [6.07, 6.45) is -2.02. The number of alkyl halides is 3. The van der Waals surface area contributed by atoms with Gasteiger partial charge in [-0.3, -0.25) is 9.48 Å². The highest BCUT2D eigenvalue weighted by Gasteiger charge is 2.32. The lowest BCUT2D eigenvalue weighted by Crippen LogP contribution is -2.18. The van der Waals surface area contributed by atoms with E-state index >= 15 is 0 Å². The van der Waals surface area contributed by atoms with Crippen molar-refractivity contribution in [1.29, 1.82) is 0 Å². The summed E-state index contributed by atoms with van der Waals surface area (Å²) in [6, 6.07) is 0. The summed E-state index contributed by atoms with van der Waals surface area (Å²) in [4.78, 5) is 12.1. The second-order valence-electron chi connectivity index (χ2n) is 4.82. The highest BCUT2D eigenvalue weighted by atomic mass is 32.1. The second-order valence-corrected chi connectivity index (χ2v) is 5.87. The predicted octanol–water partition coefficient (Wildman–Crippen LogP) is 1.95. The molecule has 21 heavy (non-hydrogen) atoms. The minimum Gasteiger partial charge on any atom is -0.390 e. The fraction of sp³-hybridized carbons (Fsp3) is 0.333. The molecule has 0 spiro atoms. The Hall–Kier alpha value is -2.03. The Kier molecular flexibility index (Phi) is 2.97. The minimum atomic E-state index is -4.33. The summed E-state index contributed by atoms with van der Waals surface area (Å²) >= 11 is 1.16. The van der Waals surface area contributed by atoms with Gasteiger partial charge in [-0.25, -0.2) is 0 Å². The van der Waals surface area contributed by atoms with Crippen molar-refractivity contribution in [3.8, 4) is 10.4 Å². The molecule has 0 atom stereocenters. The number of halogens is 3. The zero-order chi connectivity index (χ0) is 15.4. The van der Waals surface area contributed by atoms with Gasteiger partial charge in [-0.1, -0.05) is 0 Å². The maximum absolute atomic E-state index is 12.4. The third kappa shape index (κ3) is 2.37. The van der Waals surface area contributed by atoms with Crippen molar-refractivity contribution in [2.75, 3.05) is 5.73 Å².